The molecule has 98 valence electrons. The molecule has 0 saturated heterocycles. The van der Waals surface area contributed by atoms with Crippen molar-refractivity contribution in [2.24, 2.45) is 0 Å². The molecule has 0 fully saturated rings. The summed E-state index contributed by atoms with van der Waals surface area (Å²) in [4.78, 5) is 10.0. The summed E-state index contributed by atoms with van der Waals surface area (Å²) >= 11 is 7.60. The van der Waals surface area contributed by atoms with Gasteiger partial charge in [0.1, 0.15) is 17.2 Å². The number of halogens is 1. The zero-order valence-corrected chi connectivity index (χ0v) is 12.1. The van der Waals surface area contributed by atoms with E-state index >= 15 is 0 Å². The number of fused-ring (bicyclic) bond motifs is 1. The lowest BCUT2D eigenvalue weighted by molar-refractivity contribution is 0.653. The van der Waals surface area contributed by atoms with Crippen molar-refractivity contribution >= 4 is 39.0 Å². The Morgan fingerprint density at radius 2 is 2.26 bits per heavy atom. The highest BCUT2D eigenvalue weighted by Crippen LogP contribution is 2.25. The number of aryl methyl sites for hydroxylation is 1. The van der Waals surface area contributed by atoms with Gasteiger partial charge in [-0.05, 0) is 18.4 Å². The van der Waals surface area contributed by atoms with Crippen molar-refractivity contribution in [1.82, 2.24) is 19.7 Å². The lowest BCUT2D eigenvalue weighted by Crippen LogP contribution is -2.07. The fourth-order valence-electron chi connectivity index (χ4n) is 1.88. The van der Waals surface area contributed by atoms with Crippen molar-refractivity contribution in [3.8, 4) is 0 Å². The molecule has 0 aliphatic carbocycles. The summed E-state index contributed by atoms with van der Waals surface area (Å²) in [6.07, 6.45) is 1.79. The van der Waals surface area contributed by atoms with Crippen molar-refractivity contribution in [3.63, 3.8) is 0 Å². The van der Waals surface area contributed by atoms with Crippen LogP contribution in [0.3, 0.4) is 0 Å². The number of nitrogens with one attached hydrogen (secondary N) is 1. The number of anilines is 1. The van der Waals surface area contributed by atoms with Crippen LogP contribution >= 0.6 is 22.9 Å². The van der Waals surface area contributed by atoms with Crippen LogP contribution in [0, 0.1) is 6.92 Å². The van der Waals surface area contributed by atoms with Crippen molar-refractivity contribution < 1.29 is 0 Å². The van der Waals surface area contributed by atoms with Crippen LogP contribution in [0.1, 0.15) is 11.5 Å². The number of rotatable bonds is 3. The average Bonchev–Trinajstić information content (AvgIpc) is 2.96. The number of nitrogens with zero attached hydrogens (tertiary/aromatic N) is 4. The van der Waals surface area contributed by atoms with Gasteiger partial charge in [-0.1, -0.05) is 11.6 Å². The first-order valence-electron chi connectivity index (χ1n) is 5.79. The van der Waals surface area contributed by atoms with Crippen molar-refractivity contribution in [2.75, 3.05) is 12.4 Å². The molecule has 0 bridgehead atoms. The maximum absolute atomic E-state index is 6.00. The number of thiophene rings is 1. The van der Waals surface area contributed by atoms with Gasteiger partial charge in [-0.15, -0.1) is 11.3 Å². The SMILES string of the molecule is CNc1nc(Cn2cc(Cl)c(C)n2)nc2sccc12. The van der Waals surface area contributed by atoms with Gasteiger partial charge < -0.3 is 5.32 Å². The van der Waals surface area contributed by atoms with Crippen molar-refractivity contribution in [1.29, 1.82) is 0 Å². The molecule has 0 spiro atoms. The van der Waals surface area contributed by atoms with Crippen LogP contribution in [0.15, 0.2) is 17.6 Å². The minimum absolute atomic E-state index is 0.510. The average molecular weight is 294 g/mol. The fourth-order valence-corrected chi connectivity index (χ4v) is 2.81. The first kappa shape index (κ1) is 12.4. The second kappa shape index (κ2) is 4.79. The van der Waals surface area contributed by atoms with Crippen LogP contribution in [-0.4, -0.2) is 26.8 Å². The Bertz CT molecular complexity index is 713. The molecule has 0 radical (unpaired) electrons. The van der Waals surface area contributed by atoms with E-state index in [0.717, 1.165) is 27.6 Å². The van der Waals surface area contributed by atoms with E-state index in [4.69, 9.17) is 11.6 Å². The number of hydrogen-bond acceptors (Lipinski definition) is 5. The maximum Gasteiger partial charge on any atom is 0.153 e. The monoisotopic (exact) mass is 293 g/mol. The van der Waals surface area contributed by atoms with Gasteiger partial charge >= 0.3 is 0 Å². The second-order valence-corrected chi connectivity index (χ2v) is 5.44. The molecule has 3 rings (SSSR count). The largest absolute Gasteiger partial charge is 0.372 e. The maximum atomic E-state index is 6.00. The Kier molecular flexibility index (Phi) is 3.12. The molecule has 1 N–H and O–H groups in total. The van der Waals surface area contributed by atoms with Crippen LogP contribution in [0.4, 0.5) is 5.82 Å². The van der Waals surface area contributed by atoms with Crippen molar-refractivity contribution in [3.05, 3.63) is 34.2 Å². The normalized spacial score (nSPS) is 11.1. The van der Waals surface area contributed by atoms with Gasteiger partial charge in [0.15, 0.2) is 5.82 Å². The first-order chi connectivity index (χ1) is 9.17. The quantitative estimate of drug-likeness (QED) is 0.807. The summed E-state index contributed by atoms with van der Waals surface area (Å²) in [5, 5.41) is 11.1. The zero-order chi connectivity index (χ0) is 13.4. The minimum Gasteiger partial charge on any atom is -0.372 e. The van der Waals surface area contributed by atoms with Gasteiger partial charge in [0.05, 0.1) is 16.1 Å². The van der Waals surface area contributed by atoms with E-state index in [-0.39, 0.29) is 0 Å². The molecule has 3 aromatic heterocycles. The van der Waals surface area contributed by atoms with Gasteiger partial charge in [-0.3, -0.25) is 4.68 Å². The summed E-state index contributed by atoms with van der Waals surface area (Å²) in [7, 11) is 1.86. The highest BCUT2D eigenvalue weighted by Gasteiger charge is 2.09. The molecular formula is C12H12ClN5S. The predicted molar refractivity (Wildman–Crippen MR) is 78.0 cm³/mol. The molecule has 5 nitrogen and oxygen atoms in total. The highest BCUT2D eigenvalue weighted by atomic mass is 35.5. The Balaban J connectivity index is 2.00. The summed E-state index contributed by atoms with van der Waals surface area (Å²) in [6.45, 7) is 2.39. The number of aromatic nitrogens is 4. The Morgan fingerprint density at radius 1 is 1.42 bits per heavy atom. The second-order valence-electron chi connectivity index (χ2n) is 4.14. The molecule has 0 aromatic carbocycles. The third-order valence-electron chi connectivity index (χ3n) is 2.80. The lowest BCUT2D eigenvalue weighted by Gasteiger charge is -2.05. The molecule has 0 unspecified atom stereocenters. The van der Waals surface area contributed by atoms with E-state index in [1.807, 2.05) is 25.4 Å². The molecule has 0 aliphatic rings. The lowest BCUT2D eigenvalue weighted by atomic mass is 10.3. The van der Waals surface area contributed by atoms with Crippen LogP contribution in [0.25, 0.3) is 10.2 Å². The van der Waals surface area contributed by atoms with Crippen molar-refractivity contribution in [2.45, 2.75) is 13.5 Å². The molecule has 0 atom stereocenters. The minimum atomic E-state index is 0.510. The Morgan fingerprint density at radius 3 is 2.95 bits per heavy atom. The third-order valence-corrected chi connectivity index (χ3v) is 3.98. The van der Waals surface area contributed by atoms with Crippen LogP contribution < -0.4 is 5.32 Å². The summed E-state index contributed by atoms with van der Waals surface area (Å²) in [6, 6.07) is 2.02. The van der Waals surface area contributed by atoms with Gasteiger partial charge in [-0.2, -0.15) is 5.10 Å². The van der Waals surface area contributed by atoms with E-state index in [0.29, 0.717) is 11.6 Å². The molecule has 0 aliphatic heterocycles. The van der Waals surface area contributed by atoms with Crippen LogP contribution in [0.5, 0.6) is 0 Å². The van der Waals surface area contributed by atoms with E-state index < -0.39 is 0 Å². The summed E-state index contributed by atoms with van der Waals surface area (Å²) in [5.74, 6) is 1.56. The first-order valence-corrected chi connectivity index (χ1v) is 7.04. The predicted octanol–water partition coefficient (Wildman–Crippen LogP) is 2.94. The van der Waals surface area contributed by atoms with E-state index in [2.05, 4.69) is 20.4 Å². The van der Waals surface area contributed by atoms with E-state index in [1.54, 1.807) is 22.2 Å². The standard InChI is InChI=1S/C12H12ClN5S/c1-7-9(13)5-18(17-7)6-10-15-11(14-2)8-3-4-19-12(8)16-10/h3-5H,6H2,1-2H3,(H,14,15,16). The third kappa shape index (κ3) is 2.29. The highest BCUT2D eigenvalue weighted by molar-refractivity contribution is 7.16. The Hall–Kier alpha value is -1.66. The molecule has 3 heterocycles. The fraction of sp³-hybridized carbons (Fsp3) is 0.250. The zero-order valence-electron chi connectivity index (χ0n) is 10.5. The topological polar surface area (TPSA) is 55.6 Å². The summed E-state index contributed by atoms with van der Waals surface area (Å²) < 4.78 is 1.76. The number of hydrogen-bond donors (Lipinski definition) is 1. The van der Waals surface area contributed by atoms with Crippen LogP contribution in [-0.2, 0) is 6.54 Å². The molecule has 0 saturated carbocycles. The van der Waals surface area contributed by atoms with Gasteiger partial charge in [0.2, 0.25) is 0 Å². The molecule has 3 aromatic rings. The molecule has 19 heavy (non-hydrogen) atoms. The van der Waals surface area contributed by atoms with Gasteiger partial charge in [-0.25, -0.2) is 9.97 Å². The van der Waals surface area contributed by atoms with Gasteiger partial charge in [0, 0.05) is 13.2 Å². The Labute approximate surface area is 119 Å². The summed E-state index contributed by atoms with van der Waals surface area (Å²) in [5.41, 5.74) is 0.813. The molecule has 7 heteroatoms. The van der Waals surface area contributed by atoms with E-state index in [1.165, 1.54) is 0 Å². The smallest absolute Gasteiger partial charge is 0.153 e. The van der Waals surface area contributed by atoms with Gasteiger partial charge in [0.25, 0.3) is 0 Å². The molecule has 0 amide bonds. The van der Waals surface area contributed by atoms with E-state index in [9.17, 15) is 0 Å². The van der Waals surface area contributed by atoms with Crippen LogP contribution in [0.2, 0.25) is 5.02 Å². The molecular weight excluding hydrogens is 282 g/mol.